The Kier molecular flexibility index (Phi) is 7.22. The van der Waals surface area contributed by atoms with Crippen molar-refractivity contribution in [3.8, 4) is 0 Å². The minimum Gasteiger partial charge on any atom is -0.450 e. The van der Waals surface area contributed by atoms with Crippen LogP contribution in [-0.4, -0.2) is 36.4 Å². The average Bonchev–Trinajstić information content (AvgIpc) is 2.50. The number of hydrogen-bond acceptors (Lipinski definition) is 4. The monoisotopic (exact) mass is 345 g/mol. The number of esters is 1. The molecule has 3 atom stereocenters. The van der Waals surface area contributed by atoms with Crippen molar-refractivity contribution in [2.75, 3.05) is 7.11 Å². The van der Waals surface area contributed by atoms with E-state index in [4.69, 9.17) is 4.74 Å². The summed E-state index contributed by atoms with van der Waals surface area (Å²) < 4.78 is 19.3. The van der Waals surface area contributed by atoms with E-state index in [2.05, 4.69) is 25.9 Å². The molecule has 1 rings (SSSR count). The predicted molar refractivity (Wildman–Crippen MR) is 79.0 cm³/mol. The number of alkyl halides is 2. The Morgan fingerprint density at radius 2 is 2.10 bits per heavy atom. The molecule has 0 saturated carbocycles. The SMILES string of the molecule is CC[C@H](Br)[C@@H](F)[C@H](C=NOC)OC(=O)c1ccccc1. The van der Waals surface area contributed by atoms with Crippen LogP contribution in [0.25, 0.3) is 0 Å². The molecule has 0 bridgehead atoms. The average molecular weight is 346 g/mol. The van der Waals surface area contributed by atoms with Gasteiger partial charge in [-0.1, -0.05) is 46.2 Å². The van der Waals surface area contributed by atoms with Gasteiger partial charge in [-0.3, -0.25) is 0 Å². The standard InChI is InChI=1S/C14H17BrFNO3/c1-3-11(15)13(16)12(9-17-19-2)20-14(18)10-7-5-4-6-8-10/h4-9,11-13H,3H2,1-2H3/t11-,12-,13+/m0/s1. The van der Waals surface area contributed by atoms with Crippen molar-refractivity contribution in [1.82, 2.24) is 0 Å². The highest BCUT2D eigenvalue weighted by Crippen LogP contribution is 2.19. The molecule has 0 aliphatic heterocycles. The second-order valence-corrected chi connectivity index (χ2v) is 5.22. The lowest BCUT2D eigenvalue weighted by atomic mass is 10.1. The second-order valence-electron chi connectivity index (χ2n) is 4.04. The zero-order valence-electron chi connectivity index (χ0n) is 11.3. The maximum Gasteiger partial charge on any atom is 0.338 e. The molecule has 4 nitrogen and oxygen atoms in total. The van der Waals surface area contributed by atoms with Gasteiger partial charge in [0, 0.05) is 4.83 Å². The van der Waals surface area contributed by atoms with Crippen molar-refractivity contribution in [3.05, 3.63) is 35.9 Å². The van der Waals surface area contributed by atoms with E-state index in [1.807, 2.05) is 6.92 Å². The molecule has 0 unspecified atom stereocenters. The molecule has 0 heterocycles. The topological polar surface area (TPSA) is 47.9 Å². The van der Waals surface area contributed by atoms with Gasteiger partial charge in [0.25, 0.3) is 0 Å². The molecule has 0 saturated heterocycles. The van der Waals surface area contributed by atoms with Crippen molar-refractivity contribution in [2.24, 2.45) is 5.16 Å². The summed E-state index contributed by atoms with van der Waals surface area (Å²) in [6.45, 7) is 1.83. The van der Waals surface area contributed by atoms with Gasteiger partial charge in [-0.15, -0.1) is 0 Å². The Labute approximate surface area is 126 Å². The van der Waals surface area contributed by atoms with Crippen LogP contribution in [0.5, 0.6) is 0 Å². The van der Waals surface area contributed by atoms with Gasteiger partial charge in [0.05, 0.1) is 11.8 Å². The van der Waals surface area contributed by atoms with E-state index >= 15 is 0 Å². The lowest BCUT2D eigenvalue weighted by Gasteiger charge is -2.21. The highest BCUT2D eigenvalue weighted by Gasteiger charge is 2.29. The minimum atomic E-state index is -1.41. The van der Waals surface area contributed by atoms with Crippen molar-refractivity contribution in [2.45, 2.75) is 30.4 Å². The molecule has 6 heteroatoms. The van der Waals surface area contributed by atoms with Crippen LogP contribution >= 0.6 is 15.9 Å². The Hall–Kier alpha value is -1.43. The lowest BCUT2D eigenvalue weighted by molar-refractivity contribution is 0.0265. The van der Waals surface area contributed by atoms with Gasteiger partial charge in [0.2, 0.25) is 0 Å². The maximum absolute atomic E-state index is 14.2. The van der Waals surface area contributed by atoms with Crippen LogP contribution in [-0.2, 0) is 9.57 Å². The normalized spacial score (nSPS) is 15.6. The molecule has 1 aromatic rings. The molecule has 1 aromatic carbocycles. The number of carbonyl (C=O) groups is 1. The summed E-state index contributed by atoms with van der Waals surface area (Å²) in [6, 6.07) is 8.41. The Balaban J connectivity index is 2.79. The van der Waals surface area contributed by atoms with E-state index in [0.717, 1.165) is 6.21 Å². The van der Waals surface area contributed by atoms with Crippen LogP contribution < -0.4 is 0 Å². The summed E-state index contributed by atoms with van der Waals surface area (Å²) in [7, 11) is 1.34. The second kappa shape index (κ2) is 8.68. The molecule has 0 aromatic heterocycles. The molecular weight excluding hydrogens is 329 g/mol. The Morgan fingerprint density at radius 3 is 2.65 bits per heavy atom. The molecule has 0 amide bonds. The predicted octanol–water partition coefficient (Wildman–Crippen LogP) is 3.36. The first-order valence-electron chi connectivity index (χ1n) is 6.21. The van der Waals surface area contributed by atoms with E-state index in [9.17, 15) is 9.18 Å². The first-order valence-corrected chi connectivity index (χ1v) is 7.12. The number of ether oxygens (including phenoxy) is 1. The van der Waals surface area contributed by atoms with Crippen LogP contribution in [0.15, 0.2) is 35.5 Å². The fourth-order valence-electron chi connectivity index (χ4n) is 1.50. The van der Waals surface area contributed by atoms with E-state index in [0.29, 0.717) is 12.0 Å². The largest absolute Gasteiger partial charge is 0.450 e. The van der Waals surface area contributed by atoms with Gasteiger partial charge in [-0.05, 0) is 18.6 Å². The highest BCUT2D eigenvalue weighted by molar-refractivity contribution is 9.09. The summed E-state index contributed by atoms with van der Waals surface area (Å²) >= 11 is 3.21. The fraction of sp³-hybridized carbons (Fsp3) is 0.429. The van der Waals surface area contributed by atoms with Crippen molar-refractivity contribution in [3.63, 3.8) is 0 Å². The molecular formula is C14H17BrFNO3. The summed E-state index contributed by atoms with van der Waals surface area (Å²) in [4.78, 5) is 16.0. The number of rotatable bonds is 7. The van der Waals surface area contributed by atoms with Crippen molar-refractivity contribution >= 4 is 28.1 Å². The van der Waals surface area contributed by atoms with Gasteiger partial charge in [-0.25, -0.2) is 9.18 Å². The van der Waals surface area contributed by atoms with Gasteiger partial charge in [0.1, 0.15) is 7.11 Å². The van der Waals surface area contributed by atoms with Gasteiger partial charge in [-0.2, -0.15) is 0 Å². The number of halogens is 2. The molecule has 0 aliphatic carbocycles. The van der Waals surface area contributed by atoms with Gasteiger partial charge < -0.3 is 9.57 Å². The number of carbonyl (C=O) groups excluding carboxylic acids is 1. The van der Waals surface area contributed by atoms with Crippen LogP contribution in [0, 0.1) is 0 Å². The third-order valence-corrected chi connectivity index (χ3v) is 3.77. The quantitative estimate of drug-likeness (QED) is 0.329. The third kappa shape index (κ3) is 4.92. The summed E-state index contributed by atoms with van der Waals surface area (Å²) in [5.41, 5.74) is 0.359. The Morgan fingerprint density at radius 1 is 1.45 bits per heavy atom. The zero-order chi connectivity index (χ0) is 15.0. The van der Waals surface area contributed by atoms with Crippen LogP contribution in [0.2, 0.25) is 0 Å². The van der Waals surface area contributed by atoms with Crippen molar-refractivity contribution in [1.29, 1.82) is 0 Å². The van der Waals surface area contributed by atoms with E-state index in [1.54, 1.807) is 30.3 Å². The lowest BCUT2D eigenvalue weighted by Crippen LogP contribution is -2.35. The first-order chi connectivity index (χ1) is 9.60. The number of hydrogen-bond donors (Lipinski definition) is 0. The summed E-state index contributed by atoms with van der Waals surface area (Å²) in [5, 5.41) is 3.49. The maximum atomic E-state index is 14.2. The molecule has 0 spiro atoms. The molecule has 0 N–H and O–H groups in total. The summed E-state index contributed by atoms with van der Waals surface area (Å²) in [5.74, 6) is -0.600. The first kappa shape index (κ1) is 16.6. The van der Waals surface area contributed by atoms with Crippen molar-refractivity contribution < 1.29 is 18.8 Å². The molecule has 0 fully saturated rings. The number of nitrogens with zero attached hydrogens (tertiary/aromatic N) is 1. The van der Waals surface area contributed by atoms with E-state index in [-0.39, 0.29) is 0 Å². The van der Waals surface area contributed by atoms with E-state index in [1.165, 1.54) is 7.11 Å². The summed E-state index contributed by atoms with van der Waals surface area (Å²) in [6.07, 6.45) is -0.810. The molecule has 0 radical (unpaired) electrons. The van der Waals surface area contributed by atoms with Crippen LogP contribution in [0.4, 0.5) is 4.39 Å². The smallest absolute Gasteiger partial charge is 0.338 e. The number of benzene rings is 1. The number of oxime groups is 1. The van der Waals surface area contributed by atoms with Crippen LogP contribution in [0.1, 0.15) is 23.7 Å². The molecule has 20 heavy (non-hydrogen) atoms. The van der Waals surface area contributed by atoms with Gasteiger partial charge >= 0.3 is 5.97 Å². The molecule has 0 aliphatic rings. The van der Waals surface area contributed by atoms with Crippen LogP contribution in [0.3, 0.4) is 0 Å². The Bertz CT molecular complexity index is 441. The molecule has 110 valence electrons. The van der Waals surface area contributed by atoms with Gasteiger partial charge in [0.15, 0.2) is 12.3 Å². The zero-order valence-corrected chi connectivity index (χ0v) is 12.9. The minimum absolute atomic E-state index is 0.359. The third-order valence-electron chi connectivity index (χ3n) is 2.62. The van der Waals surface area contributed by atoms with E-state index < -0.39 is 23.1 Å². The fourth-order valence-corrected chi connectivity index (χ4v) is 1.80. The highest BCUT2D eigenvalue weighted by atomic mass is 79.9.